The second-order valence-corrected chi connectivity index (χ2v) is 4.53. The predicted molar refractivity (Wildman–Crippen MR) is 63.4 cm³/mol. The third-order valence-electron chi connectivity index (χ3n) is 2.36. The molecule has 1 rings (SSSR count). The summed E-state index contributed by atoms with van der Waals surface area (Å²) in [5, 5.41) is 2.12. The minimum absolute atomic E-state index is 0.104. The van der Waals surface area contributed by atoms with Gasteiger partial charge in [0.25, 0.3) is 12.3 Å². The summed E-state index contributed by atoms with van der Waals surface area (Å²) in [6, 6.07) is 1.14. The van der Waals surface area contributed by atoms with Gasteiger partial charge in [-0.15, -0.1) is 0 Å². The fourth-order valence-corrected chi connectivity index (χ4v) is 1.26. The zero-order valence-corrected chi connectivity index (χ0v) is 10.8. The normalized spacial score (nSPS) is 11.5. The maximum absolute atomic E-state index is 12.5. The van der Waals surface area contributed by atoms with E-state index < -0.39 is 29.9 Å². The Labute approximate surface area is 108 Å². The van der Waals surface area contributed by atoms with Crippen LogP contribution in [0.4, 0.5) is 8.78 Å². The molecule has 1 aromatic rings. The average Bonchev–Trinajstić information content (AvgIpc) is 2.27. The number of carbonyl (C=O) groups is 1. The third kappa shape index (κ3) is 4.04. The SMILES string of the molecule is Cc1occc(=O)c1OCC(=O)NC(C)(C)C(F)F. The molecule has 0 bridgehead atoms. The van der Waals surface area contributed by atoms with E-state index in [0.717, 1.165) is 6.07 Å². The monoisotopic (exact) mass is 275 g/mol. The maximum Gasteiger partial charge on any atom is 0.260 e. The second-order valence-electron chi connectivity index (χ2n) is 4.53. The second kappa shape index (κ2) is 5.81. The number of hydrogen-bond acceptors (Lipinski definition) is 4. The lowest BCUT2D eigenvalue weighted by Gasteiger charge is -2.25. The largest absolute Gasteiger partial charge is 0.476 e. The molecule has 0 saturated carbocycles. The lowest BCUT2D eigenvalue weighted by atomic mass is 10.1. The molecule has 0 unspecified atom stereocenters. The van der Waals surface area contributed by atoms with Crippen LogP contribution in [0.1, 0.15) is 19.6 Å². The Morgan fingerprint density at radius 2 is 2.16 bits per heavy atom. The van der Waals surface area contributed by atoms with Crippen molar-refractivity contribution in [3.63, 3.8) is 0 Å². The molecule has 1 heterocycles. The molecule has 106 valence electrons. The van der Waals surface area contributed by atoms with Gasteiger partial charge < -0.3 is 14.5 Å². The van der Waals surface area contributed by atoms with Gasteiger partial charge in [0.1, 0.15) is 5.76 Å². The van der Waals surface area contributed by atoms with E-state index in [1.165, 1.54) is 27.0 Å². The zero-order valence-electron chi connectivity index (χ0n) is 10.8. The Balaban J connectivity index is 2.63. The van der Waals surface area contributed by atoms with E-state index in [1.807, 2.05) is 0 Å². The molecule has 1 aromatic heterocycles. The molecule has 19 heavy (non-hydrogen) atoms. The fraction of sp³-hybridized carbons (Fsp3) is 0.500. The highest BCUT2D eigenvalue weighted by molar-refractivity contribution is 5.78. The van der Waals surface area contributed by atoms with E-state index in [4.69, 9.17) is 9.15 Å². The van der Waals surface area contributed by atoms with Crippen LogP contribution in [-0.2, 0) is 4.79 Å². The molecule has 1 N–H and O–H groups in total. The van der Waals surface area contributed by atoms with Crippen LogP contribution in [-0.4, -0.2) is 24.5 Å². The average molecular weight is 275 g/mol. The molecular weight excluding hydrogens is 260 g/mol. The molecule has 0 spiro atoms. The lowest BCUT2D eigenvalue weighted by molar-refractivity contribution is -0.126. The number of amides is 1. The summed E-state index contributed by atoms with van der Waals surface area (Å²) in [6.07, 6.45) is -1.51. The van der Waals surface area contributed by atoms with Crippen molar-refractivity contribution in [2.24, 2.45) is 0 Å². The molecule has 0 aliphatic carbocycles. The van der Waals surface area contributed by atoms with E-state index in [9.17, 15) is 18.4 Å². The first-order valence-corrected chi connectivity index (χ1v) is 5.54. The molecule has 1 amide bonds. The van der Waals surface area contributed by atoms with E-state index in [-0.39, 0.29) is 11.5 Å². The number of alkyl halides is 2. The summed E-state index contributed by atoms with van der Waals surface area (Å²) in [5.74, 6) is -0.631. The van der Waals surface area contributed by atoms with Crippen molar-refractivity contribution in [2.75, 3.05) is 6.61 Å². The van der Waals surface area contributed by atoms with Crippen LogP contribution < -0.4 is 15.5 Å². The number of ether oxygens (including phenoxy) is 1. The van der Waals surface area contributed by atoms with Gasteiger partial charge >= 0.3 is 0 Å². The molecule has 0 radical (unpaired) electrons. The number of nitrogens with one attached hydrogen (secondary N) is 1. The highest BCUT2D eigenvalue weighted by Crippen LogP contribution is 2.14. The Morgan fingerprint density at radius 3 is 2.68 bits per heavy atom. The van der Waals surface area contributed by atoms with Gasteiger partial charge in [-0.3, -0.25) is 9.59 Å². The summed E-state index contributed by atoms with van der Waals surface area (Å²) in [6.45, 7) is 3.35. The summed E-state index contributed by atoms with van der Waals surface area (Å²) in [5.41, 5.74) is -2.10. The summed E-state index contributed by atoms with van der Waals surface area (Å²) >= 11 is 0. The first-order chi connectivity index (χ1) is 8.74. The quantitative estimate of drug-likeness (QED) is 0.884. The molecule has 0 fully saturated rings. The van der Waals surface area contributed by atoms with Gasteiger partial charge in [0, 0.05) is 6.07 Å². The number of rotatable bonds is 5. The van der Waals surface area contributed by atoms with Gasteiger partial charge in [0.15, 0.2) is 6.61 Å². The Bertz CT molecular complexity index is 511. The van der Waals surface area contributed by atoms with Crippen LogP contribution in [0.2, 0.25) is 0 Å². The smallest absolute Gasteiger partial charge is 0.260 e. The molecule has 0 aliphatic rings. The Morgan fingerprint density at radius 1 is 1.53 bits per heavy atom. The van der Waals surface area contributed by atoms with Crippen molar-refractivity contribution in [3.05, 3.63) is 28.3 Å². The van der Waals surface area contributed by atoms with Crippen LogP contribution in [0.15, 0.2) is 21.5 Å². The standard InChI is InChI=1S/C12H15F2NO4/c1-7-10(8(16)4-5-18-7)19-6-9(17)15-12(2,3)11(13)14/h4-5,11H,6H2,1-3H3,(H,15,17). The summed E-state index contributed by atoms with van der Waals surface area (Å²) in [4.78, 5) is 22.9. The highest BCUT2D eigenvalue weighted by Gasteiger charge is 2.31. The van der Waals surface area contributed by atoms with Crippen LogP contribution in [0.3, 0.4) is 0 Å². The van der Waals surface area contributed by atoms with Crippen molar-refractivity contribution in [2.45, 2.75) is 32.7 Å². The van der Waals surface area contributed by atoms with Gasteiger partial charge in [-0.1, -0.05) is 0 Å². The molecule has 5 nitrogen and oxygen atoms in total. The van der Waals surface area contributed by atoms with Gasteiger partial charge in [0.2, 0.25) is 11.2 Å². The Kier molecular flexibility index (Phi) is 4.63. The topological polar surface area (TPSA) is 68.5 Å². The molecule has 0 atom stereocenters. The van der Waals surface area contributed by atoms with Gasteiger partial charge in [-0.25, -0.2) is 8.78 Å². The third-order valence-corrected chi connectivity index (χ3v) is 2.36. The van der Waals surface area contributed by atoms with Crippen molar-refractivity contribution in [1.29, 1.82) is 0 Å². The first-order valence-electron chi connectivity index (χ1n) is 5.54. The lowest BCUT2D eigenvalue weighted by Crippen LogP contribution is -2.50. The molecule has 0 aliphatic heterocycles. The van der Waals surface area contributed by atoms with Crippen LogP contribution >= 0.6 is 0 Å². The maximum atomic E-state index is 12.5. The van der Waals surface area contributed by atoms with Crippen molar-refractivity contribution in [1.82, 2.24) is 5.32 Å². The van der Waals surface area contributed by atoms with Crippen molar-refractivity contribution >= 4 is 5.91 Å². The van der Waals surface area contributed by atoms with E-state index >= 15 is 0 Å². The number of halogens is 2. The van der Waals surface area contributed by atoms with Gasteiger partial charge in [-0.2, -0.15) is 0 Å². The fourth-order valence-electron chi connectivity index (χ4n) is 1.26. The highest BCUT2D eigenvalue weighted by atomic mass is 19.3. The summed E-state index contributed by atoms with van der Waals surface area (Å²) < 4.78 is 35.0. The van der Waals surface area contributed by atoms with Crippen molar-refractivity contribution in [3.8, 4) is 5.75 Å². The van der Waals surface area contributed by atoms with E-state index in [1.54, 1.807) is 0 Å². The minimum Gasteiger partial charge on any atom is -0.476 e. The minimum atomic E-state index is -2.71. The number of hydrogen-bond donors (Lipinski definition) is 1. The van der Waals surface area contributed by atoms with Gasteiger partial charge in [-0.05, 0) is 20.8 Å². The van der Waals surface area contributed by atoms with Crippen LogP contribution in [0, 0.1) is 6.92 Å². The molecule has 7 heteroatoms. The van der Waals surface area contributed by atoms with Crippen LogP contribution in [0.25, 0.3) is 0 Å². The van der Waals surface area contributed by atoms with Gasteiger partial charge in [0.05, 0.1) is 11.8 Å². The summed E-state index contributed by atoms with van der Waals surface area (Å²) in [7, 11) is 0. The van der Waals surface area contributed by atoms with Crippen LogP contribution in [0.5, 0.6) is 5.75 Å². The first kappa shape index (κ1) is 15.1. The van der Waals surface area contributed by atoms with Crippen molar-refractivity contribution < 1.29 is 22.7 Å². The molecule has 0 saturated heterocycles. The Hall–Kier alpha value is -1.92. The number of carbonyl (C=O) groups excluding carboxylic acids is 1. The molecule has 0 aromatic carbocycles. The molecular formula is C12H15F2NO4. The predicted octanol–water partition coefficient (Wildman–Crippen LogP) is 1.49. The number of aryl methyl sites for hydroxylation is 1. The zero-order chi connectivity index (χ0) is 14.6. The van der Waals surface area contributed by atoms with E-state index in [0.29, 0.717) is 0 Å². The van der Waals surface area contributed by atoms with E-state index in [2.05, 4.69) is 5.32 Å².